The monoisotopic (exact) mass is 564 g/mol. The van der Waals surface area contributed by atoms with Crippen LogP contribution in [0, 0.1) is 11.8 Å². The molecule has 0 amide bonds. The lowest BCUT2D eigenvalue weighted by Gasteiger charge is -2.49. The summed E-state index contributed by atoms with van der Waals surface area (Å²) in [5, 5.41) is 17.1. The number of ether oxygens (including phenoxy) is 1. The highest BCUT2D eigenvalue weighted by Crippen LogP contribution is 2.48. The molecule has 4 nitrogen and oxygen atoms in total. The molecule has 3 N–H and O–H groups in total. The van der Waals surface area contributed by atoms with Crippen LogP contribution < -0.4 is 15.4 Å². The van der Waals surface area contributed by atoms with Crippen molar-refractivity contribution in [1.82, 2.24) is 10.6 Å². The van der Waals surface area contributed by atoms with Gasteiger partial charge in [-0.25, -0.2) is 0 Å². The number of rotatable bonds is 3. The number of phenols is 1. The van der Waals surface area contributed by atoms with Crippen LogP contribution in [0.2, 0.25) is 0 Å². The zero-order valence-corrected chi connectivity index (χ0v) is 25.1. The number of methoxy groups -OCH3 is 1. The normalized spacial score (nSPS) is 31.9. The quantitative estimate of drug-likeness (QED) is 0.351. The third-order valence-corrected chi connectivity index (χ3v) is 11.1. The maximum atomic E-state index is 9.86. The highest BCUT2D eigenvalue weighted by molar-refractivity contribution is 5.45. The first-order valence-electron chi connectivity index (χ1n) is 15.7. The van der Waals surface area contributed by atoms with Gasteiger partial charge in [-0.15, -0.1) is 0 Å². The Labute approximate surface area is 252 Å². The summed E-state index contributed by atoms with van der Waals surface area (Å²) in [6.45, 7) is 4.86. The van der Waals surface area contributed by atoms with E-state index < -0.39 is 0 Å². The Bertz CT molecular complexity index is 1130. The molecule has 0 heterocycles. The van der Waals surface area contributed by atoms with Gasteiger partial charge in [-0.1, -0.05) is 79.4 Å². The van der Waals surface area contributed by atoms with Crippen LogP contribution in [0.4, 0.5) is 0 Å². The van der Waals surface area contributed by atoms with E-state index >= 15 is 0 Å². The van der Waals surface area contributed by atoms with E-state index in [0.29, 0.717) is 17.8 Å². The second-order valence-electron chi connectivity index (χ2n) is 13.4. The van der Waals surface area contributed by atoms with Crippen molar-refractivity contribution in [2.75, 3.05) is 21.2 Å². The predicted octanol–water partition coefficient (Wildman–Crippen LogP) is 8.32. The van der Waals surface area contributed by atoms with Crippen molar-refractivity contribution in [1.29, 1.82) is 0 Å². The number of benzene rings is 2. The molecule has 6 rings (SSSR count). The lowest BCUT2D eigenvalue weighted by molar-refractivity contribution is 0.174. The minimum Gasteiger partial charge on any atom is -0.508 e. The fraction of sp³-hybridized carbons (Fsp3) is 0.676. The van der Waals surface area contributed by atoms with Gasteiger partial charge in [-0.3, -0.25) is 0 Å². The van der Waals surface area contributed by atoms with Gasteiger partial charge in [0.25, 0.3) is 0 Å². The Morgan fingerprint density at radius 1 is 0.707 bits per heavy atom. The van der Waals surface area contributed by atoms with Gasteiger partial charge in [0, 0.05) is 22.9 Å². The molecule has 41 heavy (non-hydrogen) atoms. The van der Waals surface area contributed by atoms with Crippen LogP contribution in [0.5, 0.6) is 11.5 Å². The third kappa shape index (κ3) is 6.34. The number of hydrogen-bond donors (Lipinski definition) is 3. The Morgan fingerprint density at radius 2 is 1.20 bits per heavy atom. The minimum absolute atomic E-state index is 0. The standard InChI is InChI=1S/C18H27NO.C17H25NO.2CH4/c1-18-10-6-4-5-7-14(17(18)19-2)11-13-8-9-15(20-3)12-16(13)18;1-17-9-5-3-4-6-13(16(17)18-2)10-12-7-8-14(19)11-15(12)17;;/h8-9,12,14,17,19H,4-7,10-11H2,1-3H3;7-8,11,13,16,18-19H,3-6,9-10H2,1-2H3;2*1H4/t14-,17-,18+;13-,16-,17+;;/m00../s1. The van der Waals surface area contributed by atoms with Gasteiger partial charge < -0.3 is 20.5 Å². The average Bonchev–Trinajstić information content (AvgIpc) is 2.92. The van der Waals surface area contributed by atoms with Gasteiger partial charge in [-0.05, 0) is 111 Å². The van der Waals surface area contributed by atoms with Crippen LogP contribution in [-0.2, 0) is 23.7 Å². The van der Waals surface area contributed by atoms with Gasteiger partial charge in [0.05, 0.1) is 7.11 Å². The Hall–Kier alpha value is -2.04. The summed E-state index contributed by atoms with van der Waals surface area (Å²) in [7, 11) is 6.01. The minimum atomic E-state index is 0. The number of likely N-dealkylation sites (N-methyl/N-ethyl adjacent to an activating group) is 2. The summed E-state index contributed by atoms with van der Waals surface area (Å²) in [6.07, 6.45) is 15.8. The van der Waals surface area contributed by atoms with Crippen molar-refractivity contribution in [2.24, 2.45) is 11.8 Å². The molecule has 2 fully saturated rings. The van der Waals surface area contributed by atoms with Crippen molar-refractivity contribution in [3.05, 3.63) is 58.7 Å². The van der Waals surface area contributed by atoms with E-state index in [1.807, 2.05) is 12.1 Å². The van der Waals surface area contributed by atoms with E-state index in [2.05, 4.69) is 62.8 Å². The molecule has 0 saturated heterocycles. The zero-order chi connectivity index (χ0) is 27.6. The molecule has 6 atom stereocenters. The first-order valence-corrected chi connectivity index (χ1v) is 15.7. The molecule has 0 aliphatic heterocycles. The van der Waals surface area contributed by atoms with E-state index in [0.717, 1.165) is 24.0 Å². The molecular weight excluding hydrogens is 504 g/mol. The molecule has 0 aromatic heterocycles. The van der Waals surface area contributed by atoms with Gasteiger partial charge in [0.1, 0.15) is 11.5 Å². The summed E-state index contributed by atoms with van der Waals surface area (Å²) in [5.41, 5.74) is 6.33. The number of hydrogen-bond acceptors (Lipinski definition) is 4. The number of fused-ring (bicyclic) bond motifs is 8. The van der Waals surface area contributed by atoms with Crippen molar-refractivity contribution in [3.63, 3.8) is 0 Å². The van der Waals surface area contributed by atoms with Crippen LogP contribution in [0.1, 0.15) is 115 Å². The number of aromatic hydroxyl groups is 1. The molecule has 230 valence electrons. The Kier molecular flexibility index (Phi) is 11.4. The van der Waals surface area contributed by atoms with Gasteiger partial charge in [0.2, 0.25) is 0 Å². The summed E-state index contributed by atoms with van der Waals surface area (Å²) >= 11 is 0. The maximum Gasteiger partial charge on any atom is 0.119 e. The lowest BCUT2D eigenvalue weighted by Crippen LogP contribution is -2.54. The molecule has 0 unspecified atom stereocenters. The predicted molar refractivity (Wildman–Crippen MR) is 176 cm³/mol. The van der Waals surface area contributed by atoms with Gasteiger partial charge >= 0.3 is 0 Å². The van der Waals surface area contributed by atoms with E-state index in [4.69, 9.17) is 4.74 Å². The fourth-order valence-corrected chi connectivity index (χ4v) is 9.22. The van der Waals surface area contributed by atoms with Gasteiger partial charge in [0.15, 0.2) is 0 Å². The summed E-state index contributed by atoms with van der Waals surface area (Å²) in [5.74, 6) is 2.94. The van der Waals surface area contributed by atoms with E-state index in [9.17, 15) is 5.11 Å². The molecule has 2 aromatic carbocycles. The van der Waals surface area contributed by atoms with Crippen LogP contribution in [-0.4, -0.2) is 38.4 Å². The average molecular weight is 565 g/mol. The smallest absolute Gasteiger partial charge is 0.119 e. The number of phenolic OH excluding ortho intramolecular Hbond substituents is 1. The van der Waals surface area contributed by atoms with E-state index in [1.165, 1.54) is 87.3 Å². The molecule has 0 radical (unpaired) electrons. The Balaban J connectivity index is 0.000000215. The van der Waals surface area contributed by atoms with E-state index in [1.54, 1.807) is 12.7 Å². The van der Waals surface area contributed by atoms with Crippen LogP contribution >= 0.6 is 0 Å². The second kappa shape index (κ2) is 14.0. The van der Waals surface area contributed by atoms with Crippen LogP contribution in [0.15, 0.2) is 36.4 Å². The van der Waals surface area contributed by atoms with Crippen molar-refractivity contribution in [2.45, 2.75) is 129 Å². The molecule has 2 saturated carbocycles. The summed E-state index contributed by atoms with van der Waals surface area (Å²) in [6, 6.07) is 13.9. The molecule has 0 spiro atoms. The summed E-state index contributed by atoms with van der Waals surface area (Å²) in [4.78, 5) is 0. The molecule has 4 bridgehead atoms. The largest absolute Gasteiger partial charge is 0.508 e. The van der Waals surface area contributed by atoms with Crippen molar-refractivity contribution in [3.8, 4) is 11.5 Å². The van der Waals surface area contributed by atoms with Crippen molar-refractivity contribution < 1.29 is 9.84 Å². The fourth-order valence-electron chi connectivity index (χ4n) is 9.22. The molecule has 2 aromatic rings. The molecule has 4 aliphatic carbocycles. The zero-order valence-electron chi connectivity index (χ0n) is 25.1. The highest BCUT2D eigenvalue weighted by Gasteiger charge is 2.46. The second-order valence-corrected chi connectivity index (χ2v) is 13.4. The maximum absolute atomic E-state index is 9.86. The molecule has 4 heteroatoms. The van der Waals surface area contributed by atoms with E-state index in [-0.39, 0.29) is 25.7 Å². The van der Waals surface area contributed by atoms with Gasteiger partial charge in [-0.2, -0.15) is 0 Å². The number of nitrogens with one attached hydrogen (secondary N) is 2. The molecular formula is C37H60N2O2. The van der Waals surface area contributed by atoms with Crippen LogP contribution in [0.3, 0.4) is 0 Å². The van der Waals surface area contributed by atoms with Crippen molar-refractivity contribution >= 4 is 0 Å². The SMILES string of the molecule is C.C.CN[C@H]1[C@H]2CCCCC[C@]1(C)c1cc(O)ccc1C2.CN[C@H]1[C@H]2CCCCC[C@]1(C)c1cc(OC)ccc1C2. The Morgan fingerprint density at radius 3 is 1.68 bits per heavy atom. The third-order valence-electron chi connectivity index (χ3n) is 11.1. The first kappa shape index (κ1) is 33.5. The molecule has 4 aliphatic rings. The van der Waals surface area contributed by atoms with Crippen LogP contribution in [0.25, 0.3) is 0 Å². The lowest BCUT2D eigenvalue weighted by atomic mass is 9.59. The highest BCUT2D eigenvalue weighted by atomic mass is 16.5. The first-order chi connectivity index (χ1) is 18.8. The summed E-state index contributed by atoms with van der Waals surface area (Å²) < 4.78 is 5.47. The topological polar surface area (TPSA) is 53.5 Å².